The third kappa shape index (κ3) is 3.58. The Balaban J connectivity index is 1.42. The van der Waals surface area contributed by atoms with Crippen LogP contribution in [0.3, 0.4) is 0 Å². The molecule has 0 radical (unpaired) electrons. The quantitative estimate of drug-likeness (QED) is 0.497. The first-order chi connectivity index (χ1) is 12.3. The van der Waals surface area contributed by atoms with E-state index in [1.54, 1.807) is 36.8 Å². The van der Waals surface area contributed by atoms with Gasteiger partial charge in [-0.2, -0.15) is 0 Å². The molecule has 3 heterocycles. The van der Waals surface area contributed by atoms with Gasteiger partial charge in [0.15, 0.2) is 5.76 Å². The molecule has 8 heteroatoms. The van der Waals surface area contributed by atoms with Crippen molar-refractivity contribution in [2.75, 3.05) is 0 Å². The fraction of sp³-hybridized carbons (Fsp3) is 0.0588. The molecule has 0 spiro atoms. The Morgan fingerprint density at radius 2 is 1.84 bits per heavy atom. The summed E-state index contributed by atoms with van der Waals surface area (Å²) in [7, 11) is 0. The van der Waals surface area contributed by atoms with Gasteiger partial charge in [0, 0.05) is 18.0 Å². The van der Waals surface area contributed by atoms with E-state index < -0.39 is 0 Å². The van der Waals surface area contributed by atoms with Gasteiger partial charge in [-0.1, -0.05) is 11.8 Å². The van der Waals surface area contributed by atoms with Crippen LogP contribution in [0.5, 0.6) is 0 Å². The molecule has 0 saturated heterocycles. The minimum atomic E-state index is -0.292. The number of hydrogen-bond donors (Lipinski definition) is 0. The molecule has 124 valence electrons. The van der Waals surface area contributed by atoms with Crippen LogP contribution >= 0.6 is 11.8 Å². The van der Waals surface area contributed by atoms with Gasteiger partial charge in [-0.25, -0.2) is 9.37 Å². The summed E-state index contributed by atoms with van der Waals surface area (Å²) in [4.78, 5) is 8.23. The number of hydrogen-bond acceptors (Lipinski definition) is 7. The Morgan fingerprint density at radius 3 is 2.64 bits per heavy atom. The molecule has 0 aliphatic carbocycles. The summed E-state index contributed by atoms with van der Waals surface area (Å²) < 4.78 is 24.2. The monoisotopic (exact) mass is 354 g/mol. The van der Waals surface area contributed by atoms with Crippen LogP contribution in [0, 0.1) is 5.82 Å². The van der Waals surface area contributed by atoms with Crippen molar-refractivity contribution in [3.63, 3.8) is 0 Å². The topological polar surface area (TPSA) is 77.8 Å². The SMILES string of the molecule is Fc1ccc(-c2cnc(CSc3nnc(-c4cccnc4)o3)o2)cc1. The standard InChI is InChI=1S/C17H11FN4O2S/c18-13-5-3-11(4-6-13)14-9-20-15(23-14)10-25-17-22-21-16(24-17)12-2-1-7-19-8-12/h1-9H,10H2. The Bertz CT molecular complexity index is 970. The first kappa shape index (κ1) is 15.5. The second-order valence-electron chi connectivity index (χ2n) is 5.03. The normalized spacial score (nSPS) is 10.9. The fourth-order valence-electron chi connectivity index (χ4n) is 2.12. The average Bonchev–Trinajstić information content (AvgIpc) is 3.31. The van der Waals surface area contributed by atoms with Gasteiger partial charge < -0.3 is 8.83 Å². The highest BCUT2D eigenvalue weighted by molar-refractivity contribution is 7.98. The maximum absolute atomic E-state index is 13.0. The number of halogens is 1. The Morgan fingerprint density at radius 1 is 0.960 bits per heavy atom. The van der Waals surface area contributed by atoms with E-state index in [-0.39, 0.29) is 5.82 Å². The summed E-state index contributed by atoms with van der Waals surface area (Å²) in [6.45, 7) is 0. The predicted molar refractivity (Wildman–Crippen MR) is 89.0 cm³/mol. The molecule has 3 aromatic heterocycles. The molecule has 0 bridgehead atoms. The molecule has 0 unspecified atom stereocenters. The van der Waals surface area contributed by atoms with Gasteiger partial charge in [-0.3, -0.25) is 4.98 Å². The molecule has 0 amide bonds. The molecule has 0 aliphatic heterocycles. The van der Waals surface area contributed by atoms with Crippen LogP contribution in [-0.4, -0.2) is 20.2 Å². The molecular formula is C17H11FN4O2S. The highest BCUT2D eigenvalue weighted by atomic mass is 32.2. The molecule has 0 atom stereocenters. The highest BCUT2D eigenvalue weighted by Crippen LogP contribution is 2.27. The van der Waals surface area contributed by atoms with Gasteiger partial charge >= 0.3 is 0 Å². The number of nitrogens with zero attached hydrogens (tertiary/aromatic N) is 4. The van der Waals surface area contributed by atoms with Crippen LogP contribution in [-0.2, 0) is 5.75 Å². The summed E-state index contributed by atoms with van der Waals surface area (Å²) in [6.07, 6.45) is 4.94. The number of benzene rings is 1. The lowest BCUT2D eigenvalue weighted by Crippen LogP contribution is -1.79. The Labute approximate surface area is 146 Å². The van der Waals surface area contributed by atoms with Crippen LogP contribution in [0.15, 0.2) is 69.0 Å². The Hall–Kier alpha value is -3.00. The Kier molecular flexibility index (Phi) is 4.26. The van der Waals surface area contributed by atoms with Crippen molar-refractivity contribution in [1.29, 1.82) is 0 Å². The molecule has 0 saturated carbocycles. The second kappa shape index (κ2) is 6.86. The first-order valence-corrected chi connectivity index (χ1v) is 8.34. The number of thioether (sulfide) groups is 1. The van der Waals surface area contributed by atoms with Crippen molar-refractivity contribution in [2.24, 2.45) is 0 Å². The maximum Gasteiger partial charge on any atom is 0.277 e. The fourth-order valence-corrected chi connectivity index (χ4v) is 2.74. The predicted octanol–water partition coefficient (Wildman–Crippen LogP) is 4.22. The van der Waals surface area contributed by atoms with Crippen molar-refractivity contribution in [3.05, 3.63) is 66.7 Å². The third-order valence-electron chi connectivity index (χ3n) is 3.32. The average molecular weight is 354 g/mol. The van der Waals surface area contributed by atoms with Crippen LogP contribution < -0.4 is 0 Å². The zero-order valence-electron chi connectivity index (χ0n) is 12.8. The molecule has 1 aromatic carbocycles. The minimum absolute atomic E-state index is 0.292. The zero-order chi connectivity index (χ0) is 17.1. The second-order valence-corrected chi connectivity index (χ2v) is 5.96. The van der Waals surface area contributed by atoms with Crippen LogP contribution in [0.1, 0.15) is 5.89 Å². The van der Waals surface area contributed by atoms with Crippen LogP contribution in [0.2, 0.25) is 0 Å². The first-order valence-electron chi connectivity index (χ1n) is 7.35. The van der Waals surface area contributed by atoms with Gasteiger partial charge in [-0.05, 0) is 36.4 Å². The third-order valence-corrected chi connectivity index (χ3v) is 4.12. The van der Waals surface area contributed by atoms with Gasteiger partial charge in [0.2, 0.25) is 11.8 Å². The highest BCUT2D eigenvalue weighted by Gasteiger charge is 2.12. The van der Waals surface area contributed by atoms with E-state index >= 15 is 0 Å². The van der Waals surface area contributed by atoms with Crippen LogP contribution in [0.4, 0.5) is 4.39 Å². The zero-order valence-corrected chi connectivity index (χ0v) is 13.6. The van der Waals surface area contributed by atoms with E-state index in [1.807, 2.05) is 6.07 Å². The van der Waals surface area contributed by atoms with Crippen molar-refractivity contribution >= 4 is 11.8 Å². The van der Waals surface area contributed by atoms with E-state index in [4.69, 9.17) is 8.83 Å². The lowest BCUT2D eigenvalue weighted by atomic mass is 10.2. The summed E-state index contributed by atoms with van der Waals surface area (Å²) >= 11 is 1.32. The molecule has 4 aromatic rings. The lowest BCUT2D eigenvalue weighted by Gasteiger charge is -1.95. The molecule has 4 rings (SSSR count). The summed E-state index contributed by atoms with van der Waals surface area (Å²) in [5.41, 5.74) is 1.53. The summed E-state index contributed by atoms with van der Waals surface area (Å²) in [5, 5.41) is 8.40. The summed E-state index contributed by atoms with van der Waals surface area (Å²) in [6, 6.07) is 9.69. The molecule has 0 aliphatic rings. The number of aromatic nitrogens is 4. The summed E-state index contributed by atoms with van der Waals surface area (Å²) in [5.74, 6) is 1.66. The number of pyridine rings is 1. The smallest absolute Gasteiger partial charge is 0.277 e. The van der Waals surface area contributed by atoms with E-state index in [2.05, 4.69) is 20.2 Å². The van der Waals surface area contributed by atoms with Crippen molar-refractivity contribution < 1.29 is 13.2 Å². The van der Waals surface area contributed by atoms with Crippen molar-refractivity contribution in [2.45, 2.75) is 11.0 Å². The largest absolute Gasteiger partial charge is 0.440 e. The lowest BCUT2D eigenvalue weighted by molar-refractivity contribution is 0.464. The van der Waals surface area contributed by atoms with Gasteiger partial charge in [0.05, 0.1) is 17.5 Å². The molecule has 6 nitrogen and oxygen atoms in total. The van der Waals surface area contributed by atoms with Crippen LogP contribution in [0.25, 0.3) is 22.8 Å². The van der Waals surface area contributed by atoms with Crippen molar-refractivity contribution in [1.82, 2.24) is 20.2 Å². The molecular weight excluding hydrogens is 343 g/mol. The molecule has 0 fully saturated rings. The minimum Gasteiger partial charge on any atom is -0.440 e. The number of oxazole rings is 1. The van der Waals surface area contributed by atoms with Gasteiger partial charge in [0.1, 0.15) is 5.82 Å². The van der Waals surface area contributed by atoms with Gasteiger partial charge in [0.25, 0.3) is 5.22 Å². The van der Waals surface area contributed by atoms with Crippen molar-refractivity contribution in [3.8, 4) is 22.8 Å². The molecule has 0 N–H and O–H groups in total. The maximum atomic E-state index is 13.0. The van der Waals surface area contributed by atoms with E-state index in [0.717, 1.165) is 11.1 Å². The van der Waals surface area contributed by atoms with E-state index in [1.165, 1.54) is 23.9 Å². The van der Waals surface area contributed by atoms with E-state index in [0.29, 0.717) is 28.5 Å². The molecule has 25 heavy (non-hydrogen) atoms. The number of rotatable bonds is 5. The van der Waals surface area contributed by atoms with Gasteiger partial charge in [-0.15, -0.1) is 10.2 Å². The van der Waals surface area contributed by atoms with E-state index in [9.17, 15) is 4.39 Å².